The SMILES string of the molecule is C1CC(N2CC2)[N]1. The third-order valence-electron chi connectivity index (χ3n) is 1.63. The number of hydrogen-bond acceptors (Lipinski definition) is 1. The van der Waals surface area contributed by atoms with E-state index in [4.69, 9.17) is 0 Å². The van der Waals surface area contributed by atoms with Crippen molar-refractivity contribution in [2.75, 3.05) is 19.6 Å². The van der Waals surface area contributed by atoms with E-state index in [9.17, 15) is 0 Å². The lowest BCUT2D eigenvalue weighted by atomic mass is 10.2. The monoisotopic (exact) mass is 97.1 g/mol. The number of nitrogens with zero attached hydrogens (tertiary/aromatic N) is 2. The van der Waals surface area contributed by atoms with Gasteiger partial charge in [-0.3, -0.25) is 4.90 Å². The minimum absolute atomic E-state index is 0.653. The summed E-state index contributed by atoms with van der Waals surface area (Å²) in [5, 5.41) is 4.26. The van der Waals surface area contributed by atoms with Crippen LogP contribution in [0.1, 0.15) is 6.42 Å². The Morgan fingerprint density at radius 2 is 2.14 bits per heavy atom. The Balaban J connectivity index is 1.83. The van der Waals surface area contributed by atoms with Crippen LogP contribution in [0.25, 0.3) is 0 Å². The quantitative estimate of drug-likeness (QED) is 0.408. The van der Waals surface area contributed by atoms with Crippen LogP contribution in [0.2, 0.25) is 0 Å². The summed E-state index contributed by atoms with van der Waals surface area (Å²) in [5.41, 5.74) is 0. The van der Waals surface area contributed by atoms with Crippen molar-refractivity contribution in [3.63, 3.8) is 0 Å². The average molecular weight is 97.1 g/mol. The molecule has 1 unspecified atom stereocenters. The summed E-state index contributed by atoms with van der Waals surface area (Å²) in [6.07, 6.45) is 1.97. The molecule has 2 saturated heterocycles. The molecule has 2 heterocycles. The Hall–Kier alpha value is -0.0800. The van der Waals surface area contributed by atoms with Crippen LogP contribution in [0.3, 0.4) is 0 Å². The molecule has 2 aliphatic heterocycles. The maximum atomic E-state index is 4.26. The van der Waals surface area contributed by atoms with Gasteiger partial charge in [0.25, 0.3) is 0 Å². The molecule has 0 bridgehead atoms. The van der Waals surface area contributed by atoms with Crippen LogP contribution in [0.5, 0.6) is 0 Å². The van der Waals surface area contributed by atoms with Crippen LogP contribution in [0.15, 0.2) is 0 Å². The van der Waals surface area contributed by atoms with Gasteiger partial charge < -0.3 is 0 Å². The summed E-state index contributed by atoms with van der Waals surface area (Å²) in [6.45, 7) is 3.71. The fourth-order valence-corrected chi connectivity index (χ4v) is 0.898. The molecular weight excluding hydrogens is 88.1 g/mol. The van der Waals surface area contributed by atoms with Gasteiger partial charge in [-0.25, -0.2) is 5.32 Å². The van der Waals surface area contributed by atoms with Gasteiger partial charge in [0.1, 0.15) is 0 Å². The Bertz CT molecular complexity index is 74.1. The van der Waals surface area contributed by atoms with Crippen molar-refractivity contribution in [3.05, 3.63) is 0 Å². The molecule has 0 amide bonds. The summed E-state index contributed by atoms with van der Waals surface area (Å²) < 4.78 is 0. The Labute approximate surface area is 43.5 Å². The molecule has 0 saturated carbocycles. The standard InChI is InChI=1S/C5H9N2/c1-2-6-5(1)7-3-4-7/h5H,1-4H2. The van der Waals surface area contributed by atoms with Crippen molar-refractivity contribution in [3.8, 4) is 0 Å². The van der Waals surface area contributed by atoms with E-state index in [0.29, 0.717) is 6.17 Å². The first kappa shape index (κ1) is 3.87. The lowest BCUT2D eigenvalue weighted by Crippen LogP contribution is -2.42. The zero-order valence-electron chi connectivity index (χ0n) is 4.30. The van der Waals surface area contributed by atoms with Crippen molar-refractivity contribution in [2.24, 2.45) is 0 Å². The molecule has 2 nitrogen and oxygen atoms in total. The molecular formula is C5H9N2. The first-order valence-corrected chi connectivity index (χ1v) is 2.87. The summed E-state index contributed by atoms with van der Waals surface area (Å²) in [5.74, 6) is 0. The van der Waals surface area contributed by atoms with Gasteiger partial charge in [-0.05, 0) is 6.42 Å². The molecule has 0 aliphatic carbocycles. The Morgan fingerprint density at radius 1 is 1.43 bits per heavy atom. The van der Waals surface area contributed by atoms with Gasteiger partial charge in [0.2, 0.25) is 0 Å². The van der Waals surface area contributed by atoms with E-state index in [1.807, 2.05) is 0 Å². The molecule has 2 aliphatic rings. The van der Waals surface area contributed by atoms with Gasteiger partial charge >= 0.3 is 0 Å². The minimum atomic E-state index is 0.653. The van der Waals surface area contributed by atoms with Crippen molar-refractivity contribution in [1.82, 2.24) is 10.2 Å². The van der Waals surface area contributed by atoms with E-state index in [1.165, 1.54) is 19.5 Å². The van der Waals surface area contributed by atoms with Crippen LogP contribution in [-0.4, -0.2) is 30.7 Å². The molecule has 2 fully saturated rings. The van der Waals surface area contributed by atoms with E-state index in [-0.39, 0.29) is 0 Å². The summed E-state index contributed by atoms with van der Waals surface area (Å²) in [7, 11) is 0. The molecule has 0 spiro atoms. The van der Waals surface area contributed by atoms with Crippen molar-refractivity contribution in [1.29, 1.82) is 0 Å². The van der Waals surface area contributed by atoms with Gasteiger partial charge in [-0.2, -0.15) is 0 Å². The zero-order chi connectivity index (χ0) is 4.69. The second-order valence-electron chi connectivity index (χ2n) is 2.21. The number of rotatable bonds is 1. The Morgan fingerprint density at radius 3 is 2.29 bits per heavy atom. The Kier molecular flexibility index (Phi) is 0.664. The summed E-state index contributed by atoms with van der Waals surface area (Å²) in [6, 6.07) is 0. The van der Waals surface area contributed by atoms with Crippen LogP contribution in [0.4, 0.5) is 0 Å². The molecule has 39 valence electrons. The van der Waals surface area contributed by atoms with Gasteiger partial charge in [-0.1, -0.05) is 0 Å². The van der Waals surface area contributed by atoms with Crippen molar-refractivity contribution in [2.45, 2.75) is 12.6 Å². The molecule has 0 aromatic rings. The molecule has 0 N–H and O–H groups in total. The number of hydrogen-bond donors (Lipinski definition) is 0. The van der Waals surface area contributed by atoms with Gasteiger partial charge in [0, 0.05) is 19.6 Å². The third-order valence-corrected chi connectivity index (χ3v) is 1.63. The largest absolute Gasteiger partial charge is 0.284 e. The van der Waals surface area contributed by atoms with E-state index in [2.05, 4.69) is 10.2 Å². The average Bonchev–Trinajstić information content (AvgIpc) is 2.10. The maximum Gasteiger partial charge on any atom is 0.0774 e. The highest BCUT2D eigenvalue weighted by Gasteiger charge is 2.32. The molecule has 1 atom stereocenters. The lowest BCUT2D eigenvalue weighted by molar-refractivity contribution is 0.225. The fraction of sp³-hybridized carbons (Fsp3) is 1.00. The normalized spacial score (nSPS) is 40.3. The molecule has 0 aromatic heterocycles. The van der Waals surface area contributed by atoms with Gasteiger partial charge in [-0.15, -0.1) is 0 Å². The van der Waals surface area contributed by atoms with Gasteiger partial charge in [0.05, 0.1) is 6.17 Å². The van der Waals surface area contributed by atoms with E-state index < -0.39 is 0 Å². The lowest BCUT2D eigenvalue weighted by Gasteiger charge is -2.25. The van der Waals surface area contributed by atoms with Crippen LogP contribution in [0, 0.1) is 0 Å². The highest BCUT2D eigenvalue weighted by Crippen LogP contribution is 2.17. The molecule has 2 rings (SSSR count). The van der Waals surface area contributed by atoms with Gasteiger partial charge in [0.15, 0.2) is 0 Å². The third kappa shape index (κ3) is 0.545. The first-order chi connectivity index (χ1) is 3.47. The topological polar surface area (TPSA) is 17.1 Å². The van der Waals surface area contributed by atoms with E-state index in [1.54, 1.807) is 0 Å². The second-order valence-corrected chi connectivity index (χ2v) is 2.21. The fourth-order valence-electron chi connectivity index (χ4n) is 0.898. The predicted octanol–water partition coefficient (Wildman–Crippen LogP) is -0.364. The van der Waals surface area contributed by atoms with E-state index >= 15 is 0 Å². The maximum absolute atomic E-state index is 4.26. The summed E-state index contributed by atoms with van der Waals surface area (Å²) in [4.78, 5) is 2.39. The predicted molar refractivity (Wildman–Crippen MR) is 27.0 cm³/mol. The second kappa shape index (κ2) is 1.20. The summed E-state index contributed by atoms with van der Waals surface area (Å²) >= 11 is 0. The van der Waals surface area contributed by atoms with Crippen LogP contribution < -0.4 is 5.32 Å². The molecule has 7 heavy (non-hydrogen) atoms. The smallest absolute Gasteiger partial charge is 0.0774 e. The first-order valence-electron chi connectivity index (χ1n) is 2.87. The minimum Gasteiger partial charge on any atom is -0.284 e. The van der Waals surface area contributed by atoms with Crippen molar-refractivity contribution >= 4 is 0 Å². The molecule has 2 heteroatoms. The highest BCUT2D eigenvalue weighted by molar-refractivity contribution is 4.85. The highest BCUT2D eigenvalue weighted by atomic mass is 15.4. The van der Waals surface area contributed by atoms with Crippen LogP contribution in [-0.2, 0) is 0 Å². The molecule has 0 aromatic carbocycles. The zero-order valence-corrected chi connectivity index (χ0v) is 4.30. The van der Waals surface area contributed by atoms with E-state index in [0.717, 1.165) is 6.54 Å². The van der Waals surface area contributed by atoms with Crippen molar-refractivity contribution < 1.29 is 0 Å². The van der Waals surface area contributed by atoms with Crippen LogP contribution >= 0.6 is 0 Å². The molecule has 1 radical (unpaired) electrons.